The third-order valence-electron chi connectivity index (χ3n) is 6.48. The van der Waals surface area contributed by atoms with E-state index in [2.05, 4.69) is 28.5 Å². The quantitative estimate of drug-likeness (QED) is 0.268. The van der Waals surface area contributed by atoms with Crippen molar-refractivity contribution in [2.24, 2.45) is 11.7 Å². The fraction of sp³-hybridized carbons (Fsp3) is 0.276. The minimum absolute atomic E-state index is 0.0390. The third kappa shape index (κ3) is 5.91. The van der Waals surface area contributed by atoms with E-state index in [0.29, 0.717) is 30.1 Å². The van der Waals surface area contributed by atoms with Crippen molar-refractivity contribution in [1.82, 2.24) is 14.7 Å². The van der Waals surface area contributed by atoms with Crippen LogP contribution in [0.2, 0.25) is 0 Å². The lowest BCUT2D eigenvalue weighted by molar-refractivity contribution is -0.122. The van der Waals surface area contributed by atoms with Crippen LogP contribution in [0.3, 0.4) is 0 Å². The molecule has 10 heteroatoms. The summed E-state index contributed by atoms with van der Waals surface area (Å²) in [6.07, 6.45) is 3.10. The van der Waals surface area contributed by atoms with Crippen LogP contribution in [0.1, 0.15) is 64.5 Å². The molecule has 2 aromatic heterocycles. The predicted molar refractivity (Wildman–Crippen MR) is 155 cm³/mol. The normalized spacial score (nSPS) is 11.9. The molecule has 0 spiro atoms. The van der Waals surface area contributed by atoms with Crippen molar-refractivity contribution >= 4 is 51.5 Å². The summed E-state index contributed by atoms with van der Waals surface area (Å²) < 4.78 is 4.03. The number of pyridine rings is 1. The standard InChI is InChI=1S/C29H32N6O3S/c1-4-18-8-5-6-10-22(18)35(29(38)26-23(30)24(27(31)36)34-39-26)25(28(37)33-15-13-17(2)3)20-11-12-21-19(16-20)9-7-14-32-21/h5-12,14,16-17,25H,4,13,15,30H2,1-3H3,(H2,31,36)(H,33,37). The van der Waals surface area contributed by atoms with E-state index in [1.165, 1.54) is 4.90 Å². The van der Waals surface area contributed by atoms with Crippen molar-refractivity contribution in [2.75, 3.05) is 17.2 Å². The summed E-state index contributed by atoms with van der Waals surface area (Å²) >= 11 is 0.789. The fourth-order valence-electron chi connectivity index (χ4n) is 4.41. The monoisotopic (exact) mass is 544 g/mol. The highest BCUT2D eigenvalue weighted by atomic mass is 32.1. The zero-order chi connectivity index (χ0) is 28.1. The molecule has 5 N–H and O–H groups in total. The number of hydrogen-bond donors (Lipinski definition) is 3. The first-order chi connectivity index (χ1) is 18.7. The van der Waals surface area contributed by atoms with Gasteiger partial charge in [-0.2, -0.15) is 4.37 Å². The fourth-order valence-corrected chi connectivity index (χ4v) is 5.15. The van der Waals surface area contributed by atoms with Gasteiger partial charge < -0.3 is 16.8 Å². The van der Waals surface area contributed by atoms with Crippen LogP contribution < -0.4 is 21.7 Å². The summed E-state index contributed by atoms with van der Waals surface area (Å²) in [5.41, 5.74) is 14.1. The Labute approximate surface area is 231 Å². The zero-order valence-corrected chi connectivity index (χ0v) is 23.0. The average Bonchev–Trinajstić information content (AvgIpc) is 3.32. The summed E-state index contributed by atoms with van der Waals surface area (Å²) in [6, 6.07) is 15.6. The number of fused-ring (bicyclic) bond motifs is 1. The number of benzene rings is 2. The van der Waals surface area contributed by atoms with Crippen LogP contribution in [0, 0.1) is 5.92 Å². The maximum atomic E-state index is 14.3. The number of hydrogen-bond acceptors (Lipinski definition) is 7. The number of para-hydroxylation sites is 1. The molecule has 4 aromatic rings. The van der Waals surface area contributed by atoms with Gasteiger partial charge in [0.25, 0.3) is 11.8 Å². The first-order valence-electron chi connectivity index (χ1n) is 12.8. The van der Waals surface area contributed by atoms with E-state index in [-0.39, 0.29) is 22.2 Å². The highest BCUT2D eigenvalue weighted by Gasteiger charge is 2.37. The number of primary amides is 1. The number of amides is 3. The van der Waals surface area contributed by atoms with Crippen molar-refractivity contribution in [1.29, 1.82) is 0 Å². The average molecular weight is 545 g/mol. The second-order valence-corrected chi connectivity index (χ2v) is 10.4. The number of aryl methyl sites for hydroxylation is 1. The first kappa shape index (κ1) is 27.7. The van der Waals surface area contributed by atoms with Gasteiger partial charge in [-0.1, -0.05) is 51.1 Å². The molecule has 39 heavy (non-hydrogen) atoms. The molecule has 0 radical (unpaired) electrons. The second kappa shape index (κ2) is 12.0. The number of nitrogens with two attached hydrogens (primary N) is 2. The molecule has 0 aliphatic carbocycles. The maximum absolute atomic E-state index is 14.3. The van der Waals surface area contributed by atoms with Crippen molar-refractivity contribution in [3.8, 4) is 0 Å². The largest absolute Gasteiger partial charge is 0.395 e. The number of carbonyl (C=O) groups is 3. The molecule has 9 nitrogen and oxygen atoms in total. The van der Waals surface area contributed by atoms with E-state index in [1.807, 2.05) is 55.5 Å². The van der Waals surface area contributed by atoms with E-state index in [1.54, 1.807) is 12.3 Å². The lowest BCUT2D eigenvalue weighted by Crippen LogP contribution is -2.44. The van der Waals surface area contributed by atoms with Crippen molar-refractivity contribution in [3.05, 3.63) is 82.5 Å². The Morgan fingerprint density at radius 3 is 2.54 bits per heavy atom. The van der Waals surface area contributed by atoms with Gasteiger partial charge in [0.2, 0.25) is 5.91 Å². The maximum Gasteiger partial charge on any atom is 0.273 e. The molecular formula is C29H32N6O3S. The Hall–Kier alpha value is -4.31. The molecule has 2 aromatic carbocycles. The number of rotatable bonds is 10. The van der Waals surface area contributed by atoms with Crippen LogP contribution >= 0.6 is 11.5 Å². The van der Waals surface area contributed by atoms with Gasteiger partial charge in [0, 0.05) is 23.8 Å². The molecule has 0 bridgehead atoms. The van der Waals surface area contributed by atoms with E-state index >= 15 is 0 Å². The van der Waals surface area contributed by atoms with Crippen molar-refractivity contribution < 1.29 is 14.4 Å². The lowest BCUT2D eigenvalue weighted by atomic mass is 9.98. The Kier molecular flexibility index (Phi) is 8.55. The van der Waals surface area contributed by atoms with E-state index < -0.39 is 17.9 Å². The molecule has 0 aliphatic rings. The summed E-state index contributed by atoms with van der Waals surface area (Å²) in [5, 5.41) is 3.86. The van der Waals surface area contributed by atoms with Crippen LogP contribution in [0.4, 0.5) is 11.4 Å². The summed E-state index contributed by atoms with van der Waals surface area (Å²) in [5.74, 6) is -1.32. The number of aromatic nitrogens is 2. The Bertz CT molecular complexity index is 1520. The van der Waals surface area contributed by atoms with Gasteiger partial charge in [-0.05, 0) is 65.7 Å². The molecule has 0 saturated heterocycles. The van der Waals surface area contributed by atoms with Gasteiger partial charge in [0.1, 0.15) is 10.9 Å². The van der Waals surface area contributed by atoms with Crippen LogP contribution in [-0.2, 0) is 11.2 Å². The highest BCUT2D eigenvalue weighted by Crippen LogP contribution is 2.36. The lowest BCUT2D eigenvalue weighted by Gasteiger charge is -2.33. The van der Waals surface area contributed by atoms with Gasteiger partial charge in [-0.25, -0.2) is 0 Å². The molecule has 1 unspecified atom stereocenters. The Morgan fingerprint density at radius 1 is 1.08 bits per heavy atom. The SMILES string of the molecule is CCc1ccccc1N(C(=O)c1snc(C(N)=O)c1N)C(C(=O)NCCC(C)C)c1ccc2ncccc2c1. The molecule has 0 fully saturated rings. The van der Waals surface area contributed by atoms with Gasteiger partial charge in [-0.15, -0.1) is 0 Å². The summed E-state index contributed by atoms with van der Waals surface area (Å²) in [4.78, 5) is 46.0. The predicted octanol–water partition coefficient (Wildman–Crippen LogP) is 4.49. The highest BCUT2D eigenvalue weighted by molar-refractivity contribution is 7.09. The third-order valence-corrected chi connectivity index (χ3v) is 7.33. The molecular weight excluding hydrogens is 512 g/mol. The zero-order valence-electron chi connectivity index (χ0n) is 22.2. The number of nitrogens with one attached hydrogen (secondary N) is 1. The number of carbonyl (C=O) groups excluding carboxylic acids is 3. The van der Waals surface area contributed by atoms with E-state index in [0.717, 1.165) is 34.4 Å². The minimum Gasteiger partial charge on any atom is -0.395 e. The van der Waals surface area contributed by atoms with Crippen molar-refractivity contribution in [2.45, 2.75) is 39.7 Å². The van der Waals surface area contributed by atoms with Crippen LogP contribution in [0.5, 0.6) is 0 Å². The second-order valence-electron chi connectivity index (χ2n) is 9.63. The smallest absolute Gasteiger partial charge is 0.273 e. The molecule has 202 valence electrons. The summed E-state index contributed by atoms with van der Waals surface area (Å²) in [6.45, 7) is 6.59. The topological polar surface area (TPSA) is 144 Å². The Morgan fingerprint density at radius 2 is 1.85 bits per heavy atom. The molecule has 4 rings (SSSR count). The number of anilines is 2. The van der Waals surface area contributed by atoms with E-state index in [9.17, 15) is 14.4 Å². The molecule has 0 saturated carbocycles. The van der Waals surface area contributed by atoms with Crippen molar-refractivity contribution in [3.63, 3.8) is 0 Å². The minimum atomic E-state index is -1.04. The first-order valence-corrected chi connectivity index (χ1v) is 13.6. The molecule has 1 atom stereocenters. The molecule has 2 heterocycles. The van der Waals surface area contributed by atoms with E-state index in [4.69, 9.17) is 11.5 Å². The van der Waals surface area contributed by atoms with Gasteiger partial charge in [-0.3, -0.25) is 24.3 Å². The van der Waals surface area contributed by atoms with Gasteiger partial charge in [0.15, 0.2) is 5.69 Å². The van der Waals surface area contributed by atoms with Gasteiger partial charge in [0.05, 0.1) is 11.2 Å². The number of nitrogen functional groups attached to an aromatic ring is 1. The summed E-state index contributed by atoms with van der Waals surface area (Å²) in [7, 11) is 0. The van der Waals surface area contributed by atoms with Crippen LogP contribution in [0.15, 0.2) is 60.8 Å². The number of nitrogens with zero attached hydrogens (tertiary/aromatic N) is 3. The molecule has 0 aliphatic heterocycles. The van der Waals surface area contributed by atoms with Gasteiger partial charge >= 0.3 is 0 Å². The van der Waals surface area contributed by atoms with Crippen LogP contribution in [0.25, 0.3) is 10.9 Å². The Balaban J connectivity index is 1.92. The van der Waals surface area contributed by atoms with Crippen LogP contribution in [-0.4, -0.2) is 33.6 Å². The molecule has 3 amide bonds.